The molecule has 0 aromatic heterocycles. The number of benzene rings is 1. The number of nitrogens with zero attached hydrogens (tertiary/aromatic N) is 1. The summed E-state index contributed by atoms with van der Waals surface area (Å²) in [5.41, 5.74) is 1.16. The first-order valence-corrected chi connectivity index (χ1v) is 11.8. The van der Waals surface area contributed by atoms with Crippen LogP contribution in [0.1, 0.15) is 5.56 Å². The van der Waals surface area contributed by atoms with E-state index < -0.39 is 18.2 Å². The lowest BCUT2D eigenvalue weighted by atomic mass is 10.2. The van der Waals surface area contributed by atoms with Crippen LogP contribution >= 0.6 is 0 Å². The van der Waals surface area contributed by atoms with Gasteiger partial charge in [0, 0.05) is 6.54 Å². The van der Waals surface area contributed by atoms with Gasteiger partial charge >= 0.3 is 0 Å². The summed E-state index contributed by atoms with van der Waals surface area (Å²) in [6.45, 7) is 7.60. The van der Waals surface area contributed by atoms with Crippen molar-refractivity contribution in [1.82, 2.24) is 4.90 Å². The van der Waals surface area contributed by atoms with Crippen LogP contribution in [-0.4, -0.2) is 40.5 Å². The Labute approximate surface area is 117 Å². The maximum absolute atomic E-state index is 11.1. The lowest BCUT2D eigenvalue weighted by Crippen LogP contribution is -2.41. The molecule has 0 heterocycles. The monoisotopic (exact) mass is 301 g/mol. The molecule has 0 aliphatic rings. The smallest absolute Gasteiger partial charge is 0.265 e. The standard InChI is InChI=1S/C13H23NO3SSi/c1-18(15,16)17-11-14(12-19(2,3)4)10-13-8-6-5-7-9-13/h5-9H,10-12H2,1-4H3. The molecule has 6 heteroatoms. The zero-order valence-corrected chi connectivity index (χ0v) is 13.9. The highest BCUT2D eigenvalue weighted by molar-refractivity contribution is 7.85. The SMILES string of the molecule is C[Si](C)(C)CN(COS(C)(=O)=O)Cc1ccccc1. The van der Waals surface area contributed by atoms with E-state index >= 15 is 0 Å². The van der Waals surface area contributed by atoms with Crippen LogP contribution in [0, 0.1) is 0 Å². The van der Waals surface area contributed by atoms with Crippen LogP contribution in [-0.2, 0) is 20.8 Å². The van der Waals surface area contributed by atoms with Crippen molar-refractivity contribution in [1.29, 1.82) is 0 Å². The highest BCUT2D eigenvalue weighted by Crippen LogP contribution is 2.10. The molecule has 0 aliphatic carbocycles. The Morgan fingerprint density at radius 1 is 1.16 bits per heavy atom. The van der Waals surface area contributed by atoms with Crippen LogP contribution in [0.25, 0.3) is 0 Å². The molecule has 19 heavy (non-hydrogen) atoms. The van der Waals surface area contributed by atoms with Gasteiger partial charge in [-0.1, -0.05) is 50.0 Å². The maximum Gasteiger partial charge on any atom is 0.265 e. The second-order valence-corrected chi connectivity index (χ2v) is 13.1. The van der Waals surface area contributed by atoms with Gasteiger partial charge in [-0.3, -0.25) is 9.08 Å². The topological polar surface area (TPSA) is 46.6 Å². The van der Waals surface area contributed by atoms with Gasteiger partial charge in [-0.05, 0) is 11.7 Å². The van der Waals surface area contributed by atoms with Crippen molar-refractivity contribution in [2.75, 3.05) is 19.2 Å². The van der Waals surface area contributed by atoms with Gasteiger partial charge in [0.05, 0.1) is 14.3 Å². The average molecular weight is 301 g/mol. The van der Waals surface area contributed by atoms with Crippen molar-refractivity contribution in [2.45, 2.75) is 26.2 Å². The molecule has 0 bridgehead atoms. The van der Waals surface area contributed by atoms with E-state index in [1.54, 1.807) is 0 Å². The van der Waals surface area contributed by atoms with Gasteiger partial charge < -0.3 is 0 Å². The number of rotatable bonds is 7. The van der Waals surface area contributed by atoms with E-state index in [0.29, 0.717) is 6.54 Å². The molecule has 0 amide bonds. The second kappa shape index (κ2) is 6.65. The molecule has 4 nitrogen and oxygen atoms in total. The fourth-order valence-electron chi connectivity index (χ4n) is 1.83. The summed E-state index contributed by atoms with van der Waals surface area (Å²) in [6, 6.07) is 10.0. The van der Waals surface area contributed by atoms with Crippen molar-refractivity contribution in [3.05, 3.63) is 35.9 Å². The van der Waals surface area contributed by atoms with Crippen molar-refractivity contribution in [3.63, 3.8) is 0 Å². The highest BCUT2D eigenvalue weighted by atomic mass is 32.2. The van der Waals surface area contributed by atoms with E-state index in [9.17, 15) is 8.42 Å². The van der Waals surface area contributed by atoms with Gasteiger partial charge in [0.15, 0.2) is 0 Å². The molecule has 0 unspecified atom stereocenters. The third-order valence-corrected chi connectivity index (χ3v) is 4.33. The number of hydrogen-bond acceptors (Lipinski definition) is 4. The molecule has 0 saturated heterocycles. The van der Waals surface area contributed by atoms with Crippen molar-refractivity contribution in [3.8, 4) is 0 Å². The first-order valence-electron chi connectivity index (χ1n) is 6.26. The Kier molecular flexibility index (Phi) is 5.73. The molecule has 0 radical (unpaired) electrons. The van der Waals surface area contributed by atoms with Gasteiger partial charge in [0.25, 0.3) is 10.1 Å². The summed E-state index contributed by atoms with van der Waals surface area (Å²) in [5.74, 6) is 0. The zero-order valence-electron chi connectivity index (χ0n) is 12.1. The minimum absolute atomic E-state index is 0.123. The summed E-state index contributed by atoms with van der Waals surface area (Å²) >= 11 is 0. The lowest BCUT2D eigenvalue weighted by Gasteiger charge is -2.28. The Hall–Kier alpha value is -0.693. The van der Waals surface area contributed by atoms with E-state index in [1.165, 1.54) is 0 Å². The van der Waals surface area contributed by atoms with Gasteiger partial charge in [0.2, 0.25) is 0 Å². The van der Waals surface area contributed by atoms with Gasteiger partial charge in [-0.15, -0.1) is 0 Å². The Morgan fingerprint density at radius 2 is 1.74 bits per heavy atom. The van der Waals surface area contributed by atoms with Crippen LogP contribution in [0.2, 0.25) is 19.6 Å². The highest BCUT2D eigenvalue weighted by Gasteiger charge is 2.19. The predicted octanol–water partition coefficient (Wildman–Crippen LogP) is 2.30. The molecule has 0 atom stereocenters. The van der Waals surface area contributed by atoms with Gasteiger partial charge in [-0.25, -0.2) is 0 Å². The second-order valence-electron chi connectivity index (χ2n) is 5.98. The minimum atomic E-state index is -3.39. The van der Waals surface area contributed by atoms with E-state index in [4.69, 9.17) is 4.18 Å². The van der Waals surface area contributed by atoms with E-state index in [0.717, 1.165) is 18.0 Å². The summed E-state index contributed by atoms with van der Waals surface area (Å²) in [6.07, 6.45) is 1.99. The molecule has 1 rings (SSSR count). The molecular formula is C13H23NO3SSi. The quantitative estimate of drug-likeness (QED) is 0.440. The first kappa shape index (κ1) is 16.4. The molecule has 0 spiro atoms. The Bertz CT molecular complexity index is 482. The van der Waals surface area contributed by atoms with Crippen LogP contribution in [0.3, 0.4) is 0 Å². The molecule has 1 aromatic rings. The number of hydrogen-bond donors (Lipinski definition) is 0. The molecule has 0 aliphatic heterocycles. The average Bonchev–Trinajstić information content (AvgIpc) is 2.24. The van der Waals surface area contributed by atoms with Crippen LogP contribution < -0.4 is 0 Å². The Morgan fingerprint density at radius 3 is 2.21 bits per heavy atom. The van der Waals surface area contributed by atoms with Gasteiger partial charge in [-0.2, -0.15) is 8.42 Å². The van der Waals surface area contributed by atoms with Crippen molar-refractivity contribution >= 4 is 18.2 Å². The predicted molar refractivity (Wildman–Crippen MR) is 81.0 cm³/mol. The fourth-order valence-corrected chi connectivity index (χ4v) is 3.72. The van der Waals surface area contributed by atoms with E-state index in [1.807, 2.05) is 30.3 Å². The van der Waals surface area contributed by atoms with Crippen molar-refractivity contribution in [2.24, 2.45) is 0 Å². The molecule has 1 aromatic carbocycles. The third-order valence-electron chi connectivity index (χ3n) is 2.40. The summed E-state index contributed by atoms with van der Waals surface area (Å²) < 4.78 is 27.2. The molecule has 0 N–H and O–H groups in total. The largest absolute Gasteiger partial charge is 0.278 e. The van der Waals surface area contributed by atoms with Crippen LogP contribution in [0.5, 0.6) is 0 Å². The van der Waals surface area contributed by atoms with Crippen LogP contribution in [0.15, 0.2) is 30.3 Å². The minimum Gasteiger partial charge on any atom is -0.278 e. The Balaban J connectivity index is 2.69. The lowest BCUT2D eigenvalue weighted by molar-refractivity contribution is 0.143. The fraction of sp³-hybridized carbons (Fsp3) is 0.538. The third kappa shape index (κ3) is 8.15. The normalized spacial score (nSPS) is 12.9. The summed E-state index contributed by atoms with van der Waals surface area (Å²) in [7, 11) is -4.71. The van der Waals surface area contributed by atoms with Crippen LogP contribution in [0.4, 0.5) is 0 Å². The summed E-state index contributed by atoms with van der Waals surface area (Å²) in [5, 5.41) is 0. The van der Waals surface area contributed by atoms with Gasteiger partial charge in [0.1, 0.15) is 6.73 Å². The first-order chi connectivity index (χ1) is 8.66. The molecular weight excluding hydrogens is 278 g/mol. The molecule has 0 saturated carbocycles. The zero-order chi connectivity index (χ0) is 14.5. The van der Waals surface area contributed by atoms with E-state index in [-0.39, 0.29) is 6.73 Å². The van der Waals surface area contributed by atoms with Crippen molar-refractivity contribution < 1.29 is 12.6 Å². The molecule has 0 fully saturated rings. The summed E-state index contributed by atoms with van der Waals surface area (Å²) in [4.78, 5) is 2.06. The molecule has 108 valence electrons. The maximum atomic E-state index is 11.1. The van der Waals surface area contributed by atoms with E-state index in [2.05, 4.69) is 24.5 Å².